The zero-order valence-electron chi connectivity index (χ0n) is 8.72. The van der Waals surface area contributed by atoms with E-state index in [0.29, 0.717) is 0 Å². The summed E-state index contributed by atoms with van der Waals surface area (Å²) in [5.41, 5.74) is 1.95. The molecule has 1 heteroatoms. The molecule has 0 aliphatic carbocycles. The van der Waals surface area contributed by atoms with E-state index >= 15 is 0 Å². The molecule has 0 radical (unpaired) electrons. The van der Waals surface area contributed by atoms with Crippen molar-refractivity contribution in [3.63, 3.8) is 0 Å². The molecule has 0 fully saturated rings. The third-order valence-corrected chi connectivity index (χ3v) is 2.70. The highest BCUT2D eigenvalue weighted by Gasteiger charge is 2.26. The number of hydrogen-bond donors (Lipinski definition) is 0. The van der Waals surface area contributed by atoms with Gasteiger partial charge in [0, 0.05) is 5.41 Å². The number of aryl methyl sites for hydroxylation is 1. The van der Waals surface area contributed by atoms with E-state index in [1.165, 1.54) is 5.56 Å². The first-order chi connectivity index (χ1) is 5.96. The van der Waals surface area contributed by atoms with Gasteiger partial charge in [-0.3, -0.25) is 4.79 Å². The van der Waals surface area contributed by atoms with Gasteiger partial charge in [0.05, 0.1) is 0 Å². The molecule has 70 valence electrons. The van der Waals surface area contributed by atoms with Gasteiger partial charge in [0.15, 0.2) is 0 Å². The Morgan fingerprint density at radius 2 is 1.77 bits per heavy atom. The molecule has 0 N–H and O–H groups in total. The summed E-state index contributed by atoms with van der Waals surface area (Å²) >= 11 is 0. The molecular weight excluding hydrogens is 160 g/mol. The summed E-state index contributed by atoms with van der Waals surface area (Å²) in [5.74, 6) is 0.210. The van der Waals surface area contributed by atoms with Crippen molar-refractivity contribution in [2.45, 2.75) is 33.1 Å². The molecule has 0 aliphatic heterocycles. The Hall–Kier alpha value is -1.11. The standard InChI is InChI=1S/C12H16O/c1-9-7-5-6-8-11(9)12(3,4)10(2)13/h5-8H,1-4H3. The molecule has 0 heterocycles. The molecule has 1 aromatic carbocycles. The number of Topliss-reactive ketones (excluding diaryl/α,β-unsaturated/α-hetero) is 1. The predicted octanol–water partition coefficient (Wildman–Crippen LogP) is 2.86. The van der Waals surface area contributed by atoms with Gasteiger partial charge in [-0.1, -0.05) is 24.3 Å². The zero-order chi connectivity index (χ0) is 10.1. The van der Waals surface area contributed by atoms with Gasteiger partial charge in [-0.05, 0) is 38.8 Å². The average molecular weight is 176 g/mol. The van der Waals surface area contributed by atoms with Crippen LogP contribution in [0.3, 0.4) is 0 Å². The normalized spacial score (nSPS) is 11.4. The number of benzene rings is 1. The second-order valence-corrected chi connectivity index (χ2v) is 4.00. The van der Waals surface area contributed by atoms with Crippen LogP contribution in [0.4, 0.5) is 0 Å². The highest BCUT2D eigenvalue weighted by atomic mass is 16.1. The summed E-state index contributed by atoms with van der Waals surface area (Å²) in [4.78, 5) is 11.4. The van der Waals surface area contributed by atoms with Gasteiger partial charge in [0.1, 0.15) is 5.78 Å². The summed E-state index contributed by atoms with van der Waals surface area (Å²) in [7, 11) is 0. The van der Waals surface area contributed by atoms with Crippen molar-refractivity contribution in [2.75, 3.05) is 0 Å². The van der Waals surface area contributed by atoms with Gasteiger partial charge in [0.2, 0.25) is 0 Å². The fourth-order valence-electron chi connectivity index (χ4n) is 1.46. The van der Waals surface area contributed by atoms with Crippen LogP contribution in [-0.2, 0) is 10.2 Å². The van der Waals surface area contributed by atoms with E-state index in [-0.39, 0.29) is 11.2 Å². The molecule has 1 rings (SSSR count). The Labute approximate surface area is 79.8 Å². The largest absolute Gasteiger partial charge is 0.299 e. The van der Waals surface area contributed by atoms with Crippen LogP contribution in [0, 0.1) is 6.92 Å². The molecule has 0 unspecified atom stereocenters. The number of hydrogen-bond acceptors (Lipinski definition) is 1. The van der Waals surface area contributed by atoms with Crippen molar-refractivity contribution in [3.8, 4) is 0 Å². The molecular formula is C12H16O. The van der Waals surface area contributed by atoms with E-state index in [0.717, 1.165) is 5.56 Å². The maximum Gasteiger partial charge on any atom is 0.139 e. The van der Waals surface area contributed by atoms with Gasteiger partial charge in [-0.25, -0.2) is 0 Å². The van der Waals surface area contributed by atoms with E-state index in [1.54, 1.807) is 6.92 Å². The highest BCUT2D eigenvalue weighted by Crippen LogP contribution is 2.26. The number of carbonyl (C=O) groups is 1. The zero-order valence-corrected chi connectivity index (χ0v) is 8.72. The van der Waals surface area contributed by atoms with Crippen molar-refractivity contribution in [2.24, 2.45) is 0 Å². The first-order valence-corrected chi connectivity index (χ1v) is 4.53. The maximum atomic E-state index is 11.4. The third-order valence-electron chi connectivity index (χ3n) is 2.70. The molecule has 0 saturated heterocycles. The van der Waals surface area contributed by atoms with Gasteiger partial charge >= 0.3 is 0 Å². The first kappa shape index (κ1) is 9.97. The fourth-order valence-corrected chi connectivity index (χ4v) is 1.46. The second-order valence-electron chi connectivity index (χ2n) is 4.00. The Morgan fingerprint density at radius 1 is 1.23 bits per heavy atom. The Balaban J connectivity index is 3.22. The topological polar surface area (TPSA) is 17.1 Å². The van der Waals surface area contributed by atoms with Crippen LogP contribution >= 0.6 is 0 Å². The van der Waals surface area contributed by atoms with E-state index in [4.69, 9.17) is 0 Å². The number of carbonyl (C=O) groups excluding carboxylic acids is 1. The van der Waals surface area contributed by atoms with E-state index in [9.17, 15) is 4.79 Å². The Kier molecular flexibility index (Phi) is 2.55. The molecule has 0 amide bonds. The lowest BCUT2D eigenvalue weighted by molar-refractivity contribution is -0.121. The van der Waals surface area contributed by atoms with E-state index in [2.05, 4.69) is 0 Å². The molecule has 0 spiro atoms. The lowest BCUT2D eigenvalue weighted by Crippen LogP contribution is -2.27. The molecule has 0 aromatic heterocycles. The maximum absolute atomic E-state index is 11.4. The van der Waals surface area contributed by atoms with Gasteiger partial charge < -0.3 is 0 Å². The van der Waals surface area contributed by atoms with Crippen LogP contribution in [0.25, 0.3) is 0 Å². The molecule has 1 nitrogen and oxygen atoms in total. The summed E-state index contributed by atoms with van der Waals surface area (Å²) in [6.45, 7) is 7.63. The average Bonchev–Trinajstić information content (AvgIpc) is 2.04. The van der Waals surface area contributed by atoms with Crippen LogP contribution in [-0.4, -0.2) is 5.78 Å². The monoisotopic (exact) mass is 176 g/mol. The Bertz CT molecular complexity index is 324. The van der Waals surface area contributed by atoms with E-state index < -0.39 is 0 Å². The van der Waals surface area contributed by atoms with Gasteiger partial charge in [-0.15, -0.1) is 0 Å². The van der Waals surface area contributed by atoms with Crippen LogP contribution in [0.2, 0.25) is 0 Å². The summed E-state index contributed by atoms with van der Waals surface area (Å²) in [5, 5.41) is 0. The van der Waals surface area contributed by atoms with Gasteiger partial charge in [-0.2, -0.15) is 0 Å². The molecule has 1 aromatic rings. The smallest absolute Gasteiger partial charge is 0.139 e. The van der Waals surface area contributed by atoms with Crippen molar-refractivity contribution in [3.05, 3.63) is 35.4 Å². The predicted molar refractivity (Wildman–Crippen MR) is 54.9 cm³/mol. The Morgan fingerprint density at radius 3 is 2.23 bits per heavy atom. The fraction of sp³-hybridized carbons (Fsp3) is 0.417. The minimum absolute atomic E-state index is 0.210. The molecule has 0 aliphatic rings. The summed E-state index contributed by atoms with van der Waals surface area (Å²) < 4.78 is 0. The van der Waals surface area contributed by atoms with Crippen LogP contribution in [0.15, 0.2) is 24.3 Å². The lowest BCUT2D eigenvalue weighted by Gasteiger charge is -2.23. The van der Waals surface area contributed by atoms with Crippen molar-refractivity contribution in [1.29, 1.82) is 0 Å². The number of rotatable bonds is 2. The van der Waals surface area contributed by atoms with Crippen LogP contribution in [0.5, 0.6) is 0 Å². The quantitative estimate of drug-likeness (QED) is 0.677. The summed E-state index contributed by atoms with van der Waals surface area (Å²) in [6.07, 6.45) is 0. The SMILES string of the molecule is CC(=O)C(C)(C)c1ccccc1C. The summed E-state index contributed by atoms with van der Waals surface area (Å²) in [6, 6.07) is 8.04. The molecule has 0 saturated carbocycles. The third kappa shape index (κ3) is 1.80. The van der Waals surface area contributed by atoms with Crippen LogP contribution < -0.4 is 0 Å². The minimum atomic E-state index is -0.356. The molecule has 13 heavy (non-hydrogen) atoms. The number of ketones is 1. The molecule has 0 bridgehead atoms. The van der Waals surface area contributed by atoms with Crippen molar-refractivity contribution in [1.82, 2.24) is 0 Å². The molecule has 0 atom stereocenters. The second kappa shape index (κ2) is 3.33. The highest BCUT2D eigenvalue weighted by molar-refractivity contribution is 5.87. The first-order valence-electron chi connectivity index (χ1n) is 4.53. The van der Waals surface area contributed by atoms with Gasteiger partial charge in [0.25, 0.3) is 0 Å². The van der Waals surface area contributed by atoms with E-state index in [1.807, 2.05) is 45.0 Å². The van der Waals surface area contributed by atoms with Crippen molar-refractivity contribution >= 4 is 5.78 Å². The lowest BCUT2D eigenvalue weighted by atomic mass is 9.79. The minimum Gasteiger partial charge on any atom is -0.299 e. The van der Waals surface area contributed by atoms with Crippen molar-refractivity contribution < 1.29 is 4.79 Å². The van der Waals surface area contributed by atoms with Crippen LogP contribution in [0.1, 0.15) is 31.9 Å².